The van der Waals surface area contributed by atoms with Crippen LogP contribution in [-0.2, 0) is 4.74 Å². The second-order valence-corrected chi connectivity index (χ2v) is 3.46. The van der Waals surface area contributed by atoms with Crippen molar-refractivity contribution in [2.24, 2.45) is 0 Å². The zero-order valence-corrected chi connectivity index (χ0v) is 9.20. The van der Waals surface area contributed by atoms with Gasteiger partial charge in [0.05, 0.1) is 6.61 Å². The molecule has 0 aromatic carbocycles. The zero-order valence-electron chi connectivity index (χ0n) is 9.20. The van der Waals surface area contributed by atoms with E-state index >= 15 is 0 Å². The highest BCUT2D eigenvalue weighted by molar-refractivity contribution is 5.26. The molecule has 1 unspecified atom stereocenters. The first-order valence-electron chi connectivity index (χ1n) is 4.73. The minimum absolute atomic E-state index is 0.0352. The van der Waals surface area contributed by atoms with E-state index < -0.39 is 0 Å². The summed E-state index contributed by atoms with van der Waals surface area (Å²) in [5.41, 5.74) is 2.02. The molecule has 1 heterocycles. The monoisotopic (exact) mass is 195 g/mol. The molecule has 3 nitrogen and oxygen atoms in total. The molecule has 0 fully saturated rings. The summed E-state index contributed by atoms with van der Waals surface area (Å²) in [6, 6.07) is 3.99. The molecule has 3 heteroatoms. The van der Waals surface area contributed by atoms with Crippen molar-refractivity contribution < 1.29 is 9.47 Å². The van der Waals surface area contributed by atoms with Crippen molar-refractivity contribution >= 4 is 0 Å². The van der Waals surface area contributed by atoms with E-state index in [1.54, 1.807) is 7.11 Å². The number of pyridine rings is 1. The van der Waals surface area contributed by atoms with Gasteiger partial charge in [-0.1, -0.05) is 6.07 Å². The number of aromatic nitrogens is 1. The van der Waals surface area contributed by atoms with Gasteiger partial charge in [0.1, 0.15) is 6.10 Å². The number of aryl methyl sites for hydroxylation is 2. The average Bonchev–Trinajstić information content (AvgIpc) is 2.12. The molecule has 0 aliphatic rings. The number of nitrogens with zero attached hydrogens (tertiary/aromatic N) is 1. The first kappa shape index (κ1) is 11.0. The molecule has 0 N–H and O–H groups in total. The van der Waals surface area contributed by atoms with Crippen LogP contribution in [0.2, 0.25) is 0 Å². The molecular formula is C11H17NO2. The van der Waals surface area contributed by atoms with Crippen molar-refractivity contribution in [1.82, 2.24) is 4.98 Å². The first-order valence-corrected chi connectivity index (χ1v) is 4.73. The van der Waals surface area contributed by atoms with E-state index in [2.05, 4.69) is 4.98 Å². The maximum atomic E-state index is 5.63. The third-order valence-electron chi connectivity index (χ3n) is 1.90. The van der Waals surface area contributed by atoms with Crippen LogP contribution in [0.5, 0.6) is 5.88 Å². The van der Waals surface area contributed by atoms with Crippen molar-refractivity contribution in [3.63, 3.8) is 0 Å². The van der Waals surface area contributed by atoms with Gasteiger partial charge in [0.15, 0.2) is 0 Å². The van der Waals surface area contributed by atoms with E-state index in [4.69, 9.17) is 9.47 Å². The summed E-state index contributed by atoms with van der Waals surface area (Å²) in [6.45, 7) is 6.48. The van der Waals surface area contributed by atoms with Gasteiger partial charge in [-0.3, -0.25) is 0 Å². The standard InChI is InChI=1S/C11H17NO2/c1-8-5-6-9(2)12-11(8)14-10(3)7-13-4/h5-6,10H,7H2,1-4H3. The van der Waals surface area contributed by atoms with E-state index in [0.29, 0.717) is 12.5 Å². The summed E-state index contributed by atoms with van der Waals surface area (Å²) < 4.78 is 10.6. The molecule has 14 heavy (non-hydrogen) atoms. The Morgan fingerprint density at radius 1 is 1.36 bits per heavy atom. The Kier molecular flexibility index (Phi) is 3.89. The molecule has 0 bridgehead atoms. The molecule has 78 valence electrons. The van der Waals surface area contributed by atoms with Gasteiger partial charge in [-0.2, -0.15) is 0 Å². The Morgan fingerprint density at radius 3 is 2.71 bits per heavy atom. The van der Waals surface area contributed by atoms with Gasteiger partial charge < -0.3 is 9.47 Å². The maximum absolute atomic E-state index is 5.63. The van der Waals surface area contributed by atoms with Crippen LogP contribution in [0.1, 0.15) is 18.2 Å². The van der Waals surface area contributed by atoms with Crippen LogP contribution in [0.15, 0.2) is 12.1 Å². The molecule has 1 atom stereocenters. The lowest BCUT2D eigenvalue weighted by Crippen LogP contribution is -2.19. The highest BCUT2D eigenvalue weighted by atomic mass is 16.5. The summed E-state index contributed by atoms with van der Waals surface area (Å²) in [5, 5.41) is 0. The number of rotatable bonds is 4. The minimum Gasteiger partial charge on any atom is -0.472 e. The molecule has 0 aliphatic heterocycles. The van der Waals surface area contributed by atoms with E-state index in [1.807, 2.05) is 32.9 Å². The van der Waals surface area contributed by atoms with Crippen molar-refractivity contribution in [2.75, 3.05) is 13.7 Å². The molecule has 0 aliphatic carbocycles. The predicted octanol–water partition coefficient (Wildman–Crippen LogP) is 2.11. The van der Waals surface area contributed by atoms with Gasteiger partial charge in [0, 0.05) is 18.4 Å². The second kappa shape index (κ2) is 4.96. The van der Waals surface area contributed by atoms with E-state index in [-0.39, 0.29) is 6.10 Å². The number of methoxy groups -OCH3 is 1. The smallest absolute Gasteiger partial charge is 0.216 e. The molecule has 1 aromatic heterocycles. The Hall–Kier alpha value is -1.09. The Morgan fingerprint density at radius 2 is 2.07 bits per heavy atom. The fourth-order valence-electron chi connectivity index (χ4n) is 1.18. The number of hydrogen-bond acceptors (Lipinski definition) is 3. The summed E-state index contributed by atoms with van der Waals surface area (Å²) in [5.74, 6) is 0.703. The highest BCUT2D eigenvalue weighted by Crippen LogP contribution is 2.15. The minimum atomic E-state index is 0.0352. The molecule has 0 saturated carbocycles. The second-order valence-electron chi connectivity index (χ2n) is 3.46. The van der Waals surface area contributed by atoms with Crippen LogP contribution < -0.4 is 4.74 Å². The Balaban J connectivity index is 2.70. The van der Waals surface area contributed by atoms with E-state index in [9.17, 15) is 0 Å². The molecule has 0 amide bonds. The summed E-state index contributed by atoms with van der Waals surface area (Å²) >= 11 is 0. The van der Waals surface area contributed by atoms with Gasteiger partial charge >= 0.3 is 0 Å². The number of ether oxygens (including phenoxy) is 2. The van der Waals surface area contributed by atoms with Gasteiger partial charge in [-0.15, -0.1) is 0 Å². The van der Waals surface area contributed by atoms with Crippen LogP contribution in [0.25, 0.3) is 0 Å². The molecule has 0 spiro atoms. The Labute approximate surface area is 85.1 Å². The predicted molar refractivity (Wildman–Crippen MR) is 55.7 cm³/mol. The number of hydrogen-bond donors (Lipinski definition) is 0. The normalized spacial score (nSPS) is 12.6. The summed E-state index contributed by atoms with van der Waals surface area (Å²) in [4.78, 5) is 4.32. The molecule has 0 saturated heterocycles. The lowest BCUT2D eigenvalue weighted by molar-refractivity contribution is 0.0883. The molecule has 1 aromatic rings. The van der Waals surface area contributed by atoms with Crippen molar-refractivity contribution in [2.45, 2.75) is 26.9 Å². The summed E-state index contributed by atoms with van der Waals surface area (Å²) in [6.07, 6.45) is 0.0352. The maximum Gasteiger partial charge on any atom is 0.216 e. The van der Waals surface area contributed by atoms with Gasteiger partial charge in [-0.25, -0.2) is 4.98 Å². The van der Waals surface area contributed by atoms with E-state index in [0.717, 1.165) is 11.3 Å². The van der Waals surface area contributed by atoms with Gasteiger partial charge in [0.2, 0.25) is 5.88 Å². The fraction of sp³-hybridized carbons (Fsp3) is 0.545. The average molecular weight is 195 g/mol. The van der Waals surface area contributed by atoms with Crippen LogP contribution in [-0.4, -0.2) is 24.8 Å². The first-order chi connectivity index (χ1) is 6.63. The zero-order chi connectivity index (χ0) is 10.6. The molecular weight excluding hydrogens is 178 g/mol. The largest absolute Gasteiger partial charge is 0.472 e. The molecule has 0 radical (unpaired) electrons. The molecule has 1 rings (SSSR count). The highest BCUT2D eigenvalue weighted by Gasteiger charge is 2.07. The fourth-order valence-corrected chi connectivity index (χ4v) is 1.18. The van der Waals surface area contributed by atoms with E-state index in [1.165, 1.54) is 0 Å². The van der Waals surface area contributed by atoms with Crippen LogP contribution in [0.3, 0.4) is 0 Å². The summed E-state index contributed by atoms with van der Waals surface area (Å²) in [7, 11) is 1.66. The Bertz CT molecular complexity index is 299. The quantitative estimate of drug-likeness (QED) is 0.737. The topological polar surface area (TPSA) is 31.4 Å². The van der Waals surface area contributed by atoms with Crippen molar-refractivity contribution in [3.05, 3.63) is 23.4 Å². The SMILES string of the molecule is COCC(C)Oc1nc(C)ccc1C. The lowest BCUT2D eigenvalue weighted by Gasteiger charge is -2.14. The van der Waals surface area contributed by atoms with Crippen LogP contribution >= 0.6 is 0 Å². The van der Waals surface area contributed by atoms with Crippen LogP contribution in [0.4, 0.5) is 0 Å². The van der Waals surface area contributed by atoms with Crippen molar-refractivity contribution in [3.8, 4) is 5.88 Å². The third-order valence-corrected chi connectivity index (χ3v) is 1.90. The lowest BCUT2D eigenvalue weighted by atomic mass is 10.2. The third kappa shape index (κ3) is 3.00. The van der Waals surface area contributed by atoms with Gasteiger partial charge in [-0.05, 0) is 26.8 Å². The van der Waals surface area contributed by atoms with Crippen molar-refractivity contribution in [1.29, 1.82) is 0 Å². The van der Waals surface area contributed by atoms with Crippen LogP contribution in [0, 0.1) is 13.8 Å². The van der Waals surface area contributed by atoms with Gasteiger partial charge in [0.25, 0.3) is 0 Å².